The van der Waals surface area contributed by atoms with Crippen molar-refractivity contribution in [2.75, 3.05) is 6.54 Å². The van der Waals surface area contributed by atoms with E-state index in [2.05, 4.69) is 5.32 Å². The van der Waals surface area contributed by atoms with Gasteiger partial charge in [0.1, 0.15) is 0 Å². The third-order valence-electron chi connectivity index (χ3n) is 3.88. The molecule has 1 aromatic carbocycles. The number of carbonyl (C=O) groups is 1. The lowest BCUT2D eigenvalue weighted by Crippen LogP contribution is -2.51. The number of nitrogens with one attached hydrogen (secondary N) is 1. The highest BCUT2D eigenvalue weighted by Gasteiger charge is 2.27. The average Bonchev–Trinajstić information content (AvgIpc) is 2.37. The van der Waals surface area contributed by atoms with Crippen LogP contribution in [0.15, 0.2) is 18.2 Å². The van der Waals surface area contributed by atoms with Crippen molar-refractivity contribution in [1.29, 1.82) is 0 Å². The highest BCUT2D eigenvalue weighted by atomic mass is 35.5. The lowest BCUT2D eigenvalue weighted by molar-refractivity contribution is 0.0937. The van der Waals surface area contributed by atoms with Crippen molar-refractivity contribution >= 4 is 29.9 Å². The molecule has 5 heteroatoms. The van der Waals surface area contributed by atoms with E-state index in [1.807, 2.05) is 6.92 Å². The van der Waals surface area contributed by atoms with Gasteiger partial charge >= 0.3 is 0 Å². The molecule has 0 heterocycles. The van der Waals surface area contributed by atoms with Crippen molar-refractivity contribution in [3.05, 3.63) is 34.3 Å². The van der Waals surface area contributed by atoms with Gasteiger partial charge in [-0.2, -0.15) is 0 Å². The Morgan fingerprint density at radius 3 is 2.60 bits per heavy atom. The number of benzene rings is 1. The molecule has 0 aromatic heterocycles. The van der Waals surface area contributed by atoms with Gasteiger partial charge in [-0.05, 0) is 43.5 Å². The van der Waals surface area contributed by atoms with Crippen LogP contribution in [0, 0.1) is 6.92 Å². The molecule has 2 rings (SSSR count). The summed E-state index contributed by atoms with van der Waals surface area (Å²) < 4.78 is 0. The second-order valence-corrected chi connectivity index (χ2v) is 6.00. The molecule has 1 aromatic rings. The predicted molar refractivity (Wildman–Crippen MR) is 85.8 cm³/mol. The summed E-state index contributed by atoms with van der Waals surface area (Å²) in [6.45, 7) is 2.44. The van der Waals surface area contributed by atoms with Gasteiger partial charge < -0.3 is 11.1 Å². The average molecular weight is 317 g/mol. The van der Waals surface area contributed by atoms with Crippen LogP contribution in [0.25, 0.3) is 0 Å². The molecule has 0 unspecified atom stereocenters. The number of halogens is 2. The van der Waals surface area contributed by atoms with Crippen molar-refractivity contribution in [3.8, 4) is 0 Å². The fourth-order valence-electron chi connectivity index (χ4n) is 2.67. The van der Waals surface area contributed by atoms with Crippen LogP contribution < -0.4 is 11.1 Å². The number of rotatable bonds is 3. The molecule has 1 fully saturated rings. The Hall–Kier alpha value is -0.770. The second-order valence-electron chi connectivity index (χ2n) is 5.56. The molecule has 0 radical (unpaired) electrons. The van der Waals surface area contributed by atoms with Crippen LogP contribution in [0.5, 0.6) is 0 Å². The van der Waals surface area contributed by atoms with E-state index in [-0.39, 0.29) is 23.9 Å². The minimum Gasteiger partial charge on any atom is -0.350 e. The van der Waals surface area contributed by atoms with Gasteiger partial charge in [0, 0.05) is 22.7 Å². The van der Waals surface area contributed by atoms with Crippen molar-refractivity contribution in [3.63, 3.8) is 0 Å². The highest BCUT2D eigenvalue weighted by molar-refractivity contribution is 6.30. The van der Waals surface area contributed by atoms with Gasteiger partial charge in [-0.15, -0.1) is 12.4 Å². The zero-order chi connectivity index (χ0) is 13.9. The van der Waals surface area contributed by atoms with E-state index in [0.29, 0.717) is 17.1 Å². The van der Waals surface area contributed by atoms with Gasteiger partial charge in [-0.3, -0.25) is 4.79 Å². The molecule has 0 aliphatic heterocycles. The molecule has 3 N–H and O–H groups in total. The third-order valence-corrected chi connectivity index (χ3v) is 4.12. The molecule has 20 heavy (non-hydrogen) atoms. The van der Waals surface area contributed by atoms with Gasteiger partial charge in [-0.25, -0.2) is 0 Å². The second kappa shape index (κ2) is 7.30. The molecule has 0 spiro atoms. The van der Waals surface area contributed by atoms with E-state index in [4.69, 9.17) is 17.3 Å². The van der Waals surface area contributed by atoms with Crippen LogP contribution in [0.4, 0.5) is 0 Å². The predicted octanol–water partition coefficient (Wildman–Crippen LogP) is 3.46. The van der Waals surface area contributed by atoms with Crippen LogP contribution in [0.3, 0.4) is 0 Å². The number of hydrogen-bond donors (Lipinski definition) is 2. The quantitative estimate of drug-likeness (QED) is 0.897. The Morgan fingerprint density at radius 2 is 2.00 bits per heavy atom. The van der Waals surface area contributed by atoms with E-state index in [1.165, 1.54) is 6.42 Å². The van der Waals surface area contributed by atoms with Crippen molar-refractivity contribution in [1.82, 2.24) is 5.32 Å². The standard InChI is InChI=1S/C15H21ClN2O.ClH/c1-11-9-12(16)5-6-13(11)14(19)18-10-15(17)7-3-2-4-8-15;/h5-6,9H,2-4,7-8,10,17H2,1H3,(H,18,19);1H. The molecule has 0 bridgehead atoms. The molecule has 0 atom stereocenters. The molecule has 112 valence electrons. The fraction of sp³-hybridized carbons (Fsp3) is 0.533. The smallest absolute Gasteiger partial charge is 0.251 e. The van der Waals surface area contributed by atoms with Crippen LogP contribution in [0.1, 0.15) is 48.0 Å². The third kappa shape index (κ3) is 4.37. The van der Waals surface area contributed by atoms with Crippen LogP contribution >= 0.6 is 24.0 Å². The maximum Gasteiger partial charge on any atom is 0.251 e. The maximum absolute atomic E-state index is 12.2. The lowest BCUT2D eigenvalue weighted by atomic mass is 9.82. The van der Waals surface area contributed by atoms with Gasteiger partial charge in [0.25, 0.3) is 5.91 Å². The van der Waals surface area contributed by atoms with E-state index in [0.717, 1.165) is 31.2 Å². The van der Waals surface area contributed by atoms with Crippen LogP contribution in [-0.2, 0) is 0 Å². The van der Waals surface area contributed by atoms with Crippen molar-refractivity contribution in [2.45, 2.75) is 44.6 Å². The molecular weight excluding hydrogens is 295 g/mol. The first-order valence-corrected chi connectivity index (χ1v) is 7.21. The number of carbonyl (C=O) groups excluding carboxylic acids is 1. The molecule has 1 amide bonds. The number of hydrogen-bond acceptors (Lipinski definition) is 2. The summed E-state index contributed by atoms with van der Waals surface area (Å²) in [5.74, 6) is -0.0652. The zero-order valence-electron chi connectivity index (χ0n) is 11.7. The fourth-order valence-corrected chi connectivity index (χ4v) is 2.89. The Balaban J connectivity index is 0.00000200. The summed E-state index contributed by atoms with van der Waals surface area (Å²) >= 11 is 5.89. The molecular formula is C15H22Cl2N2O. The molecule has 1 aliphatic carbocycles. The Labute approximate surface area is 131 Å². The van der Waals surface area contributed by atoms with Crippen LogP contribution in [0.2, 0.25) is 5.02 Å². The van der Waals surface area contributed by atoms with E-state index in [1.54, 1.807) is 18.2 Å². The zero-order valence-corrected chi connectivity index (χ0v) is 13.3. The largest absolute Gasteiger partial charge is 0.350 e. The van der Waals surface area contributed by atoms with E-state index < -0.39 is 0 Å². The summed E-state index contributed by atoms with van der Waals surface area (Å²) in [6, 6.07) is 5.30. The van der Waals surface area contributed by atoms with Gasteiger partial charge in [0.2, 0.25) is 0 Å². The maximum atomic E-state index is 12.2. The monoisotopic (exact) mass is 316 g/mol. The minimum atomic E-state index is -0.228. The number of nitrogens with two attached hydrogens (primary N) is 1. The first-order chi connectivity index (χ1) is 9.00. The number of amides is 1. The van der Waals surface area contributed by atoms with E-state index >= 15 is 0 Å². The minimum absolute atomic E-state index is 0. The SMILES string of the molecule is Cc1cc(Cl)ccc1C(=O)NCC1(N)CCCCC1.Cl. The van der Waals surface area contributed by atoms with E-state index in [9.17, 15) is 4.79 Å². The molecule has 1 aliphatic rings. The lowest BCUT2D eigenvalue weighted by Gasteiger charge is -2.33. The summed E-state index contributed by atoms with van der Waals surface area (Å²) in [7, 11) is 0. The summed E-state index contributed by atoms with van der Waals surface area (Å²) in [5.41, 5.74) is 7.64. The molecule has 1 saturated carbocycles. The van der Waals surface area contributed by atoms with Crippen molar-refractivity contribution in [2.24, 2.45) is 5.73 Å². The topological polar surface area (TPSA) is 55.1 Å². The Bertz CT molecular complexity index is 471. The summed E-state index contributed by atoms with van der Waals surface area (Å²) in [4.78, 5) is 12.2. The Kier molecular flexibility index (Phi) is 6.31. The summed E-state index contributed by atoms with van der Waals surface area (Å²) in [5, 5.41) is 3.61. The van der Waals surface area contributed by atoms with Gasteiger partial charge in [-0.1, -0.05) is 30.9 Å². The highest BCUT2D eigenvalue weighted by Crippen LogP contribution is 2.25. The molecule has 3 nitrogen and oxygen atoms in total. The first kappa shape index (κ1) is 17.3. The van der Waals surface area contributed by atoms with Gasteiger partial charge in [0.05, 0.1) is 0 Å². The normalized spacial score (nSPS) is 17.1. The van der Waals surface area contributed by atoms with Gasteiger partial charge in [0.15, 0.2) is 0 Å². The van der Waals surface area contributed by atoms with Crippen molar-refractivity contribution < 1.29 is 4.79 Å². The first-order valence-electron chi connectivity index (χ1n) is 6.83. The Morgan fingerprint density at radius 1 is 1.35 bits per heavy atom. The summed E-state index contributed by atoms with van der Waals surface area (Å²) in [6.07, 6.45) is 5.56. The number of aryl methyl sites for hydroxylation is 1. The molecule has 0 saturated heterocycles. The van der Waals surface area contributed by atoms with Crippen LogP contribution in [-0.4, -0.2) is 18.0 Å².